The number of carbonyl (C=O) groups is 1. The van der Waals surface area contributed by atoms with Gasteiger partial charge in [0.05, 0.1) is 14.2 Å². The van der Waals surface area contributed by atoms with Crippen molar-refractivity contribution in [1.29, 1.82) is 0 Å². The summed E-state index contributed by atoms with van der Waals surface area (Å²) < 4.78 is 21.4. The molecule has 0 N–H and O–H groups in total. The third-order valence-corrected chi connectivity index (χ3v) is 3.26. The summed E-state index contributed by atoms with van der Waals surface area (Å²) in [6.45, 7) is 0.0887. The summed E-state index contributed by atoms with van der Waals surface area (Å²) in [7, 11) is 3.13. The molecule has 5 nitrogen and oxygen atoms in total. The van der Waals surface area contributed by atoms with Gasteiger partial charge in [0.1, 0.15) is 23.9 Å². The quantitative estimate of drug-likeness (QED) is 0.574. The largest absolute Gasteiger partial charge is 0.497 e. The number of benzene rings is 1. The Kier molecular flexibility index (Phi) is 5.66. The fourth-order valence-electron chi connectivity index (χ4n) is 1.76. The van der Waals surface area contributed by atoms with Crippen LogP contribution >= 0.6 is 15.9 Å². The van der Waals surface area contributed by atoms with Crippen molar-refractivity contribution >= 4 is 28.0 Å². The number of rotatable bonds is 6. The number of carbonyl (C=O) groups excluding carboxylic acids is 1. The molecule has 0 saturated carbocycles. The van der Waals surface area contributed by atoms with E-state index in [4.69, 9.17) is 18.6 Å². The van der Waals surface area contributed by atoms with Crippen LogP contribution in [-0.4, -0.2) is 20.2 Å². The highest BCUT2D eigenvalue weighted by Gasteiger charge is 2.07. The third-order valence-electron chi connectivity index (χ3n) is 2.84. The van der Waals surface area contributed by atoms with Gasteiger partial charge < -0.3 is 18.6 Å². The summed E-state index contributed by atoms with van der Waals surface area (Å²) in [5.74, 6) is 1.38. The number of halogens is 1. The monoisotopic (exact) mass is 366 g/mol. The first-order valence-corrected chi connectivity index (χ1v) is 7.22. The first-order valence-electron chi connectivity index (χ1n) is 6.43. The Bertz CT molecular complexity index is 675. The first kappa shape index (κ1) is 16.2. The Morgan fingerprint density at radius 3 is 2.68 bits per heavy atom. The van der Waals surface area contributed by atoms with Gasteiger partial charge in [-0.15, -0.1) is 0 Å². The summed E-state index contributed by atoms with van der Waals surface area (Å²) in [5, 5.41) is 0. The van der Waals surface area contributed by atoms with Gasteiger partial charge in [0, 0.05) is 11.6 Å². The highest BCUT2D eigenvalue weighted by molar-refractivity contribution is 9.10. The fourth-order valence-corrected chi connectivity index (χ4v) is 2.08. The standard InChI is InChI=1S/C16H15BrO5/c1-19-13-3-6-14(20-2)11(9-13)10-21-16(18)8-5-12-4-7-15(17)22-12/h3-9H,10H2,1-2H3/b8-5+. The zero-order valence-electron chi connectivity index (χ0n) is 12.2. The average molecular weight is 367 g/mol. The SMILES string of the molecule is COc1ccc(OC)c(COC(=O)/C=C/c2ccc(Br)o2)c1. The molecule has 0 aliphatic carbocycles. The second-order valence-electron chi connectivity index (χ2n) is 4.26. The average Bonchev–Trinajstić information content (AvgIpc) is 2.96. The topological polar surface area (TPSA) is 57.9 Å². The summed E-state index contributed by atoms with van der Waals surface area (Å²) in [4.78, 5) is 11.7. The molecule has 1 aromatic heterocycles. The number of hydrogen-bond donors (Lipinski definition) is 0. The molecule has 0 spiro atoms. The van der Waals surface area contributed by atoms with Crippen molar-refractivity contribution in [3.63, 3.8) is 0 Å². The molecule has 1 aromatic carbocycles. The smallest absolute Gasteiger partial charge is 0.331 e. The van der Waals surface area contributed by atoms with E-state index in [0.29, 0.717) is 21.9 Å². The van der Waals surface area contributed by atoms with E-state index in [-0.39, 0.29) is 6.61 Å². The second kappa shape index (κ2) is 7.70. The minimum absolute atomic E-state index is 0.0887. The molecular formula is C16H15BrO5. The molecule has 22 heavy (non-hydrogen) atoms. The molecule has 0 saturated heterocycles. The van der Waals surface area contributed by atoms with Gasteiger partial charge in [-0.05, 0) is 52.3 Å². The maximum Gasteiger partial charge on any atom is 0.331 e. The molecule has 116 valence electrons. The molecule has 0 unspecified atom stereocenters. The Morgan fingerprint density at radius 2 is 2.05 bits per heavy atom. The minimum atomic E-state index is -0.475. The third kappa shape index (κ3) is 4.39. The maximum atomic E-state index is 11.7. The Morgan fingerprint density at radius 1 is 1.23 bits per heavy atom. The van der Waals surface area contributed by atoms with Crippen molar-refractivity contribution in [2.24, 2.45) is 0 Å². The molecule has 0 aliphatic rings. The van der Waals surface area contributed by atoms with Crippen LogP contribution in [0.2, 0.25) is 0 Å². The van der Waals surface area contributed by atoms with Gasteiger partial charge >= 0.3 is 5.97 Å². The molecule has 0 amide bonds. The van der Waals surface area contributed by atoms with Gasteiger partial charge in [-0.25, -0.2) is 4.79 Å². The van der Waals surface area contributed by atoms with Crippen LogP contribution in [0.5, 0.6) is 11.5 Å². The molecule has 6 heteroatoms. The molecule has 0 bridgehead atoms. The summed E-state index contributed by atoms with van der Waals surface area (Å²) in [5.41, 5.74) is 0.726. The van der Waals surface area contributed by atoms with E-state index in [2.05, 4.69) is 15.9 Å². The van der Waals surface area contributed by atoms with E-state index >= 15 is 0 Å². The van der Waals surface area contributed by atoms with Crippen molar-refractivity contribution in [2.45, 2.75) is 6.61 Å². The van der Waals surface area contributed by atoms with Crippen LogP contribution in [0.1, 0.15) is 11.3 Å². The predicted molar refractivity (Wildman–Crippen MR) is 84.8 cm³/mol. The molecule has 1 heterocycles. The lowest BCUT2D eigenvalue weighted by Crippen LogP contribution is -2.02. The number of esters is 1. The van der Waals surface area contributed by atoms with E-state index in [0.717, 1.165) is 5.56 Å². The second-order valence-corrected chi connectivity index (χ2v) is 5.04. The highest BCUT2D eigenvalue weighted by atomic mass is 79.9. The van der Waals surface area contributed by atoms with Crippen LogP contribution in [0.3, 0.4) is 0 Å². The van der Waals surface area contributed by atoms with Gasteiger partial charge in [0.2, 0.25) is 0 Å². The van der Waals surface area contributed by atoms with Gasteiger partial charge in [0.25, 0.3) is 0 Å². The molecular weight excluding hydrogens is 352 g/mol. The zero-order chi connectivity index (χ0) is 15.9. The Labute approximate surface area is 136 Å². The Hall–Kier alpha value is -2.21. The van der Waals surface area contributed by atoms with Crippen molar-refractivity contribution in [3.8, 4) is 11.5 Å². The lowest BCUT2D eigenvalue weighted by atomic mass is 10.2. The molecule has 0 fully saturated rings. The van der Waals surface area contributed by atoms with Crippen molar-refractivity contribution < 1.29 is 23.4 Å². The molecule has 2 aromatic rings. The van der Waals surface area contributed by atoms with E-state index in [1.165, 1.54) is 12.2 Å². The van der Waals surface area contributed by atoms with Gasteiger partial charge in [-0.1, -0.05) is 0 Å². The first-order chi connectivity index (χ1) is 10.6. The van der Waals surface area contributed by atoms with Gasteiger partial charge in [-0.3, -0.25) is 0 Å². The molecule has 0 aliphatic heterocycles. The lowest BCUT2D eigenvalue weighted by molar-refractivity contribution is -0.138. The van der Waals surface area contributed by atoms with E-state index in [9.17, 15) is 4.79 Å². The number of furan rings is 1. The lowest BCUT2D eigenvalue weighted by Gasteiger charge is -2.10. The number of methoxy groups -OCH3 is 2. The summed E-state index contributed by atoms with van der Waals surface area (Å²) in [6.07, 6.45) is 2.84. The highest BCUT2D eigenvalue weighted by Crippen LogP contribution is 2.24. The maximum absolute atomic E-state index is 11.7. The summed E-state index contributed by atoms with van der Waals surface area (Å²) in [6, 6.07) is 8.78. The molecule has 2 rings (SSSR count). The zero-order valence-corrected chi connectivity index (χ0v) is 13.8. The van der Waals surface area contributed by atoms with Crippen LogP contribution in [0.4, 0.5) is 0 Å². The van der Waals surface area contributed by atoms with Crippen LogP contribution < -0.4 is 9.47 Å². The Balaban J connectivity index is 1.97. The fraction of sp³-hybridized carbons (Fsp3) is 0.188. The van der Waals surface area contributed by atoms with E-state index in [1.54, 1.807) is 44.6 Å². The van der Waals surface area contributed by atoms with Crippen LogP contribution in [0.15, 0.2) is 45.5 Å². The van der Waals surface area contributed by atoms with Crippen molar-refractivity contribution in [3.05, 3.63) is 52.4 Å². The van der Waals surface area contributed by atoms with Gasteiger partial charge in [0.15, 0.2) is 4.67 Å². The normalized spacial score (nSPS) is 10.7. The number of ether oxygens (including phenoxy) is 3. The van der Waals surface area contributed by atoms with Crippen LogP contribution in [-0.2, 0) is 16.1 Å². The minimum Gasteiger partial charge on any atom is -0.497 e. The van der Waals surface area contributed by atoms with Crippen molar-refractivity contribution in [1.82, 2.24) is 0 Å². The summed E-state index contributed by atoms with van der Waals surface area (Å²) >= 11 is 3.19. The van der Waals surface area contributed by atoms with E-state index in [1.807, 2.05) is 0 Å². The van der Waals surface area contributed by atoms with Gasteiger partial charge in [-0.2, -0.15) is 0 Å². The molecule has 0 atom stereocenters. The van der Waals surface area contributed by atoms with Crippen LogP contribution in [0, 0.1) is 0 Å². The van der Waals surface area contributed by atoms with Crippen LogP contribution in [0.25, 0.3) is 6.08 Å². The van der Waals surface area contributed by atoms with E-state index < -0.39 is 5.97 Å². The predicted octanol–water partition coefficient (Wildman–Crippen LogP) is 3.82. The van der Waals surface area contributed by atoms with Crippen molar-refractivity contribution in [2.75, 3.05) is 14.2 Å². The molecule has 0 radical (unpaired) electrons. The number of hydrogen-bond acceptors (Lipinski definition) is 5.